The number of nitrogens with zero attached hydrogens (tertiary/aromatic N) is 2. The maximum absolute atomic E-state index is 14.1. The quantitative estimate of drug-likeness (QED) is 0.0943. The molecule has 1 aliphatic heterocycles. The number of ketones is 2. The summed E-state index contributed by atoms with van der Waals surface area (Å²) in [5.41, 5.74) is 4.73. The minimum absolute atomic E-state index is 0.0854. The number of ether oxygens (including phenoxy) is 1. The van der Waals surface area contributed by atoms with Crippen LogP contribution in [0.25, 0.3) is 32.8 Å². The molecule has 1 aromatic heterocycles. The first-order valence-electron chi connectivity index (χ1n) is 19.1. The molecule has 9 rings (SSSR count). The predicted molar refractivity (Wildman–Crippen MR) is 218 cm³/mol. The molecule has 2 amide bonds. The van der Waals surface area contributed by atoms with Crippen LogP contribution in [0.4, 0.5) is 5.69 Å². The van der Waals surface area contributed by atoms with Crippen molar-refractivity contribution < 1.29 is 28.7 Å². The molecular weight excluding hydrogens is 719 g/mol. The van der Waals surface area contributed by atoms with E-state index in [1.54, 1.807) is 24.3 Å². The van der Waals surface area contributed by atoms with Gasteiger partial charge in [-0.1, -0.05) is 70.2 Å². The number of H-pyrrole nitrogens is 1. The Morgan fingerprint density at radius 1 is 0.789 bits per heavy atom. The van der Waals surface area contributed by atoms with Gasteiger partial charge in [-0.05, 0) is 107 Å². The van der Waals surface area contributed by atoms with Gasteiger partial charge in [-0.2, -0.15) is 0 Å². The fraction of sp³-hybridized carbons (Fsp3) is 0.213. The zero-order chi connectivity index (χ0) is 39.9. The number of Topliss-reactive ketones (excluding diaryl/α,β-unsaturated/α-hetero) is 2. The Morgan fingerprint density at radius 3 is 2.05 bits per heavy atom. The van der Waals surface area contributed by atoms with Gasteiger partial charge in [0.1, 0.15) is 17.8 Å². The van der Waals surface area contributed by atoms with Gasteiger partial charge in [0.05, 0.1) is 33.3 Å². The second-order valence-corrected chi connectivity index (χ2v) is 15.6. The summed E-state index contributed by atoms with van der Waals surface area (Å²) in [6.45, 7) is 7.88. The van der Waals surface area contributed by atoms with Gasteiger partial charge in [0.2, 0.25) is 0 Å². The van der Waals surface area contributed by atoms with Crippen LogP contribution in [0, 0.1) is 11.8 Å². The summed E-state index contributed by atoms with van der Waals surface area (Å²) < 4.78 is 5.79. The number of nitrogens with one attached hydrogen (secondary N) is 1. The minimum Gasteiger partial charge on any atom is -0.458 e. The van der Waals surface area contributed by atoms with Crippen LogP contribution in [0.15, 0.2) is 102 Å². The van der Waals surface area contributed by atoms with Crippen molar-refractivity contribution in [1.82, 2.24) is 9.97 Å². The number of aromatic amines is 1. The lowest BCUT2D eigenvalue weighted by atomic mass is 9.96. The van der Waals surface area contributed by atoms with Crippen LogP contribution in [0.5, 0.6) is 0 Å². The number of fused-ring (bicyclic) bond motifs is 4. The van der Waals surface area contributed by atoms with Crippen LogP contribution in [0.2, 0.25) is 0 Å². The molecule has 2 heterocycles. The van der Waals surface area contributed by atoms with E-state index in [-0.39, 0.29) is 62.5 Å². The van der Waals surface area contributed by atoms with Crippen molar-refractivity contribution in [2.24, 2.45) is 11.8 Å². The first-order chi connectivity index (χ1) is 27.4. The molecule has 57 heavy (non-hydrogen) atoms. The van der Waals surface area contributed by atoms with E-state index in [0.29, 0.717) is 22.9 Å². The van der Waals surface area contributed by atoms with Gasteiger partial charge >= 0.3 is 5.97 Å². The third-order valence-corrected chi connectivity index (χ3v) is 11.3. The van der Waals surface area contributed by atoms with Crippen molar-refractivity contribution in [3.05, 3.63) is 152 Å². The Labute approximate surface area is 327 Å². The summed E-state index contributed by atoms with van der Waals surface area (Å²) >= 11 is 0. The Morgan fingerprint density at radius 2 is 1.46 bits per heavy atom. The summed E-state index contributed by atoms with van der Waals surface area (Å²) in [6, 6.07) is 16.4. The van der Waals surface area contributed by atoms with Crippen molar-refractivity contribution >= 4 is 67.9 Å². The van der Waals surface area contributed by atoms with Crippen LogP contribution in [-0.4, -0.2) is 45.4 Å². The molecule has 0 fully saturated rings. The van der Waals surface area contributed by atoms with E-state index in [0.717, 1.165) is 28.7 Å². The van der Waals surface area contributed by atoms with Gasteiger partial charge in [0.25, 0.3) is 17.4 Å². The van der Waals surface area contributed by atoms with E-state index in [1.165, 1.54) is 23.1 Å². The molecule has 0 saturated carbocycles. The molecule has 5 aromatic rings. The summed E-state index contributed by atoms with van der Waals surface area (Å²) in [7, 11) is 0. The van der Waals surface area contributed by atoms with Crippen molar-refractivity contribution in [3.63, 3.8) is 0 Å². The van der Waals surface area contributed by atoms with Crippen LogP contribution >= 0.6 is 0 Å². The highest BCUT2D eigenvalue weighted by molar-refractivity contribution is 6.36. The monoisotopic (exact) mass is 755 g/mol. The highest BCUT2D eigenvalue weighted by atomic mass is 16.5. The molecule has 0 atom stereocenters. The van der Waals surface area contributed by atoms with Gasteiger partial charge < -0.3 is 9.72 Å². The standard InChI is InChI=1S/C47H37N3O7/c1-23(2)42(24(3)4)57-47(56)28-13-15-31-37(22-28)48-43(49-44(31)53)39-40(51)33-18-29-20-35-36(21-30(29)19-34(33)41(39)52)46(55)50(45(35)54)38-16-14-27(25-9-5-6-10-25)17-32(38)26-11-7-8-12-26/h5,7-11,13-24,39,42H,6,12H2,1-4H3,(H,48,49,53). The lowest BCUT2D eigenvalue weighted by molar-refractivity contribution is 0.00323. The Bertz CT molecular complexity index is 2790. The number of imide groups is 1. The highest BCUT2D eigenvalue weighted by Crippen LogP contribution is 2.41. The number of amides is 2. The van der Waals surface area contributed by atoms with E-state index < -0.39 is 40.8 Å². The van der Waals surface area contributed by atoms with Crippen molar-refractivity contribution in [3.8, 4) is 0 Å². The van der Waals surface area contributed by atoms with Crippen LogP contribution in [0.1, 0.15) is 115 Å². The topological polar surface area (TPSA) is 144 Å². The molecule has 282 valence electrons. The molecule has 4 aliphatic rings. The molecule has 3 aliphatic carbocycles. The maximum Gasteiger partial charge on any atom is 0.338 e. The van der Waals surface area contributed by atoms with Crippen molar-refractivity contribution in [2.75, 3.05) is 4.90 Å². The molecule has 10 heteroatoms. The number of hydrogen-bond donors (Lipinski definition) is 1. The molecule has 0 spiro atoms. The second kappa shape index (κ2) is 13.4. The third-order valence-electron chi connectivity index (χ3n) is 11.3. The maximum atomic E-state index is 14.1. The molecular formula is C47H37N3O7. The van der Waals surface area contributed by atoms with Gasteiger partial charge in [-0.3, -0.25) is 24.0 Å². The predicted octanol–water partition coefficient (Wildman–Crippen LogP) is 8.56. The largest absolute Gasteiger partial charge is 0.458 e. The van der Waals surface area contributed by atoms with E-state index >= 15 is 0 Å². The molecule has 0 saturated heterocycles. The van der Waals surface area contributed by atoms with E-state index in [2.05, 4.69) is 28.2 Å². The summed E-state index contributed by atoms with van der Waals surface area (Å²) in [4.78, 5) is 90.9. The van der Waals surface area contributed by atoms with Crippen LogP contribution in [-0.2, 0) is 4.74 Å². The van der Waals surface area contributed by atoms with Crippen molar-refractivity contribution in [2.45, 2.75) is 52.6 Å². The zero-order valence-electron chi connectivity index (χ0n) is 31.7. The molecule has 10 nitrogen and oxygen atoms in total. The number of carbonyl (C=O) groups excluding carboxylic acids is 5. The molecule has 1 N–H and O–H groups in total. The SMILES string of the molecule is CC(C)C(OC(=O)c1ccc2c(=O)[nH]c(C3C(=O)c4cc5cc6c(cc5cc4C3=O)C(=O)N(c3ccc(C4=CCC=C4)cc3C3=CC=CC3)C6=O)nc2c1)C(C)C. The number of hydrogen-bond acceptors (Lipinski definition) is 8. The van der Waals surface area contributed by atoms with Gasteiger partial charge in [0.15, 0.2) is 11.6 Å². The highest BCUT2D eigenvalue weighted by Gasteiger charge is 2.43. The van der Waals surface area contributed by atoms with Gasteiger partial charge in [-0.15, -0.1) is 0 Å². The van der Waals surface area contributed by atoms with E-state index in [4.69, 9.17) is 4.74 Å². The summed E-state index contributed by atoms with van der Waals surface area (Å²) in [5, 5.41) is 1.18. The van der Waals surface area contributed by atoms with Crippen LogP contribution < -0.4 is 10.5 Å². The number of carbonyl (C=O) groups is 5. The van der Waals surface area contributed by atoms with Gasteiger partial charge in [0, 0.05) is 16.7 Å². The summed E-state index contributed by atoms with van der Waals surface area (Å²) in [6.07, 6.45) is 13.4. The third kappa shape index (κ3) is 5.82. The number of anilines is 1. The first kappa shape index (κ1) is 35.9. The summed E-state index contributed by atoms with van der Waals surface area (Å²) in [5.74, 6) is -4.07. The average Bonchev–Trinajstić information content (AvgIpc) is 4.01. The van der Waals surface area contributed by atoms with Gasteiger partial charge in [-0.25, -0.2) is 14.7 Å². The Kier molecular flexibility index (Phi) is 8.46. The van der Waals surface area contributed by atoms with E-state index in [1.807, 2.05) is 64.1 Å². The van der Waals surface area contributed by atoms with Crippen LogP contribution in [0.3, 0.4) is 0 Å². The number of esters is 1. The zero-order valence-corrected chi connectivity index (χ0v) is 31.7. The number of rotatable bonds is 8. The molecule has 4 aromatic carbocycles. The second-order valence-electron chi connectivity index (χ2n) is 15.6. The number of aromatic nitrogens is 2. The lowest BCUT2D eigenvalue weighted by Crippen LogP contribution is -2.30. The smallest absolute Gasteiger partial charge is 0.338 e. The number of allylic oxidation sites excluding steroid dienone is 8. The van der Waals surface area contributed by atoms with Crippen molar-refractivity contribution in [1.29, 1.82) is 0 Å². The fourth-order valence-electron chi connectivity index (χ4n) is 8.48. The molecule has 0 unspecified atom stereocenters. The van der Waals surface area contributed by atoms with E-state index in [9.17, 15) is 28.8 Å². The lowest BCUT2D eigenvalue weighted by Gasteiger charge is -2.24. The average molecular weight is 756 g/mol. The normalized spacial score (nSPS) is 16.3. The number of benzene rings is 4. The Balaban J connectivity index is 1.05. The molecule has 0 radical (unpaired) electrons. The Hall–Kier alpha value is -6.81. The fourth-order valence-corrected chi connectivity index (χ4v) is 8.48. The first-order valence-corrected chi connectivity index (χ1v) is 19.1. The molecule has 0 bridgehead atoms. The minimum atomic E-state index is -1.43.